The Morgan fingerprint density at radius 2 is 0.513 bits per heavy atom. The molecule has 0 fully saturated rings. The van der Waals surface area contributed by atoms with Gasteiger partial charge in [0.25, 0.3) is 0 Å². The minimum atomic E-state index is 0.00449. The molecule has 658 valence electrons. The number of benzene rings is 14. The molecule has 0 spiro atoms. The summed E-state index contributed by atoms with van der Waals surface area (Å²) in [5.41, 5.74) is 9.32. The van der Waals surface area contributed by atoms with Crippen molar-refractivity contribution in [3.05, 3.63) is 317 Å². The van der Waals surface area contributed by atoms with E-state index >= 15 is 0 Å². The van der Waals surface area contributed by atoms with Crippen LogP contribution in [-0.2, 0) is 39.6 Å². The molecule has 6 N–H and O–H groups in total. The molecule has 14 aromatic carbocycles. The fraction of sp³-hybridized carbons (Fsp3) is 0.364. The maximum Gasteiger partial charge on any atom is 0.125 e. The number of methoxy groups -OCH3 is 3. The number of ether oxygens (including phenoxy) is 3. The van der Waals surface area contributed by atoms with Crippen molar-refractivity contribution < 1.29 is 44.8 Å². The van der Waals surface area contributed by atoms with Gasteiger partial charge in [-0.25, -0.2) is 0 Å². The van der Waals surface area contributed by atoms with Gasteiger partial charge in [0, 0.05) is 5.56 Å². The lowest BCUT2D eigenvalue weighted by molar-refractivity contribution is 0.275. The highest BCUT2D eigenvalue weighted by molar-refractivity contribution is 5.91. The molecule has 0 aliphatic carbocycles. The van der Waals surface area contributed by atoms with Crippen LogP contribution < -0.4 is 14.2 Å². The Kier molecular flexibility index (Phi) is 86.8. The van der Waals surface area contributed by atoms with Gasteiger partial charge in [0.2, 0.25) is 0 Å². The van der Waals surface area contributed by atoms with E-state index in [0.717, 1.165) is 94.1 Å². The first kappa shape index (κ1) is 122. The number of rotatable bonds is 9. The van der Waals surface area contributed by atoms with Gasteiger partial charge in [-0.3, -0.25) is 0 Å². The van der Waals surface area contributed by atoms with E-state index in [4.69, 9.17) is 34.6 Å². The van der Waals surface area contributed by atoms with E-state index in [1.165, 1.54) is 48.7 Å². The van der Waals surface area contributed by atoms with Gasteiger partial charge in [-0.05, 0) is 172 Å². The summed E-state index contributed by atoms with van der Waals surface area (Å²) in [7, 11) is 4.97. The number of aryl methyl sites for hydroxylation is 3. The van der Waals surface area contributed by atoms with E-state index in [1.807, 2.05) is 402 Å². The van der Waals surface area contributed by atoms with Crippen molar-refractivity contribution in [1.82, 2.24) is 0 Å². The molecule has 0 saturated heterocycles. The summed E-state index contributed by atoms with van der Waals surface area (Å²) in [6.07, 6.45) is 0. The van der Waals surface area contributed by atoms with Crippen molar-refractivity contribution in [1.29, 1.82) is 0 Å². The molecule has 0 amide bonds. The summed E-state index contributed by atoms with van der Waals surface area (Å²) in [6.45, 7) is 62.7. The van der Waals surface area contributed by atoms with Gasteiger partial charge in [-0.1, -0.05) is 430 Å². The summed E-state index contributed by atoms with van der Waals surface area (Å²) < 4.78 is 15.6. The Labute approximate surface area is 725 Å². The molecule has 0 aliphatic rings. The van der Waals surface area contributed by atoms with E-state index in [2.05, 4.69) is 79.7 Å². The minimum Gasteiger partial charge on any atom is -0.497 e. The second kappa shape index (κ2) is 84.5. The molecule has 0 atom stereocenters. The van der Waals surface area contributed by atoms with E-state index in [1.54, 1.807) is 21.3 Å². The predicted molar refractivity (Wildman–Crippen MR) is 536 cm³/mol. The lowest BCUT2D eigenvalue weighted by Crippen LogP contribution is -1.92. The van der Waals surface area contributed by atoms with Crippen LogP contribution in [0.4, 0.5) is 0 Å². The van der Waals surface area contributed by atoms with E-state index in [-0.39, 0.29) is 39.6 Å². The Bertz CT molecular complexity index is 4530. The molecule has 119 heavy (non-hydrogen) atoms. The van der Waals surface area contributed by atoms with Gasteiger partial charge in [-0.2, -0.15) is 0 Å². The molecule has 0 radical (unpaired) electrons. The highest BCUT2D eigenvalue weighted by Crippen LogP contribution is 2.30. The third-order valence-electron chi connectivity index (χ3n) is 15.8. The number of hydrogen-bond donors (Lipinski definition) is 6. The van der Waals surface area contributed by atoms with Crippen LogP contribution in [0, 0.1) is 20.8 Å². The van der Waals surface area contributed by atoms with Crippen molar-refractivity contribution in [3.63, 3.8) is 0 Å². The van der Waals surface area contributed by atoms with Crippen molar-refractivity contribution >= 4 is 75.4 Å². The van der Waals surface area contributed by atoms with Crippen molar-refractivity contribution in [3.8, 4) is 17.2 Å². The molecular weight excluding hydrogens is 1470 g/mol. The third kappa shape index (κ3) is 44.1. The standard InChI is InChI=1S/C13H14O2.C12H12O2.2C12H12O.3C11H10O.14C2H6/c1-9-12-7-10(8-14)3-4-11(12)5-6-13(9)15-2;1-14-12-7-6-9-4-2-3-5-10(9)11(12)8-13;1-9-2-4-12-7-10(8-13)3-5-11(12)6-9;1-9-6-7-10-4-2-3-5-11(10)12(9)8-13;1-12-11-7-6-9-4-2-3-5-10(9)8-11;2*12-8-10-6-3-5-9-4-1-2-7-11(9)10;14*1-2/h3-7,14H,8H2,1-2H3;2-7,13H,8H2,1H3;2*2-7,13H,8H2,1H3;2-8H,1H3;2*1-7,12H,8H2;14*1-2H3. The molecule has 0 aliphatic heterocycles. The summed E-state index contributed by atoms with van der Waals surface area (Å²) in [5.74, 6) is 2.54. The summed E-state index contributed by atoms with van der Waals surface area (Å²) in [6, 6.07) is 88.8. The van der Waals surface area contributed by atoms with E-state index in [0.29, 0.717) is 0 Å². The highest BCUT2D eigenvalue weighted by Gasteiger charge is 2.08. The molecule has 0 saturated carbocycles. The zero-order valence-corrected chi connectivity index (χ0v) is 80.6. The second-order valence-corrected chi connectivity index (χ2v) is 21.6. The Morgan fingerprint density at radius 1 is 0.210 bits per heavy atom. The van der Waals surface area contributed by atoms with Gasteiger partial charge in [0.15, 0.2) is 0 Å². The number of fused-ring (bicyclic) bond motifs is 7. The summed E-state index contributed by atoms with van der Waals surface area (Å²) in [5, 5.41) is 71.0. The Morgan fingerprint density at radius 3 is 0.916 bits per heavy atom. The van der Waals surface area contributed by atoms with Gasteiger partial charge >= 0.3 is 0 Å². The Balaban J connectivity index is -0.000000234. The van der Waals surface area contributed by atoms with Crippen LogP contribution in [0.15, 0.2) is 267 Å². The van der Waals surface area contributed by atoms with Crippen molar-refractivity contribution in [2.24, 2.45) is 0 Å². The number of hydrogen-bond acceptors (Lipinski definition) is 9. The molecule has 14 aromatic rings. The lowest BCUT2D eigenvalue weighted by atomic mass is 10.0. The fourth-order valence-corrected chi connectivity index (χ4v) is 10.8. The topological polar surface area (TPSA) is 149 Å². The molecule has 9 heteroatoms. The lowest BCUT2D eigenvalue weighted by Gasteiger charge is -2.09. The predicted octanol–water partition coefficient (Wildman–Crippen LogP) is 32.2. The first-order valence-electron chi connectivity index (χ1n) is 44.2. The summed E-state index contributed by atoms with van der Waals surface area (Å²) >= 11 is 0. The normalized spacial score (nSPS) is 8.71. The molecule has 0 bridgehead atoms. The molecular formula is C110H164O9. The highest BCUT2D eigenvalue weighted by atomic mass is 16.5. The maximum absolute atomic E-state index is 9.27. The van der Waals surface area contributed by atoms with Gasteiger partial charge in [0.05, 0.1) is 61.0 Å². The molecule has 14 rings (SSSR count). The van der Waals surface area contributed by atoms with E-state index in [9.17, 15) is 10.2 Å². The van der Waals surface area contributed by atoms with Crippen LogP contribution in [0.1, 0.15) is 244 Å². The van der Waals surface area contributed by atoms with Crippen LogP contribution in [0.3, 0.4) is 0 Å². The molecule has 0 heterocycles. The Hall–Kier alpha value is -9.94. The van der Waals surface area contributed by atoms with Crippen LogP contribution in [0.2, 0.25) is 0 Å². The third-order valence-corrected chi connectivity index (χ3v) is 15.8. The van der Waals surface area contributed by atoms with Gasteiger partial charge in [0.1, 0.15) is 17.2 Å². The van der Waals surface area contributed by atoms with Gasteiger partial charge < -0.3 is 44.8 Å². The number of aliphatic hydroxyl groups is 6. The van der Waals surface area contributed by atoms with Crippen molar-refractivity contribution in [2.75, 3.05) is 21.3 Å². The van der Waals surface area contributed by atoms with Crippen LogP contribution in [-0.4, -0.2) is 52.0 Å². The van der Waals surface area contributed by atoms with Crippen LogP contribution >= 0.6 is 0 Å². The average molecular weight is 1630 g/mol. The second-order valence-electron chi connectivity index (χ2n) is 21.6. The van der Waals surface area contributed by atoms with Gasteiger partial charge in [-0.15, -0.1) is 0 Å². The smallest absolute Gasteiger partial charge is 0.125 e. The quantitative estimate of drug-likeness (QED) is 0.0831. The molecule has 0 unspecified atom stereocenters. The van der Waals surface area contributed by atoms with Crippen LogP contribution in [0.5, 0.6) is 17.2 Å². The zero-order valence-electron chi connectivity index (χ0n) is 80.6. The SMILES string of the molecule is CC.CC.CC.CC.CC.CC.CC.CC.CC.CC.CC.CC.CC.CC.COc1ccc2ccc(CO)cc2c1C.COc1ccc2ccccc2c1.COc1ccc2ccccc2c1CO.Cc1ccc2cc(CO)ccc2c1.Cc1ccc2ccccc2c1CO.OCc1cccc2ccccc12.OCc1cccc2ccccc12. The molecule has 0 aromatic heterocycles. The zero-order chi connectivity index (χ0) is 92.5. The fourth-order valence-electron chi connectivity index (χ4n) is 10.8. The maximum atomic E-state index is 9.27. The van der Waals surface area contributed by atoms with E-state index < -0.39 is 0 Å². The first-order valence-corrected chi connectivity index (χ1v) is 44.2. The first-order chi connectivity index (χ1) is 58.5. The average Bonchev–Trinajstić information content (AvgIpc) is 0.810. The van der Waals surface area contributed by atoms with Crippen molar-refractivity contribution in [2.45, 2.75) is 254 Å². The monoisotopic (exact) mass is 1630 g/mol. The number of aliphatic hydroxyl groups excluding tert-OH is 6. The largest absolute Gasteiger partial charge is 0.497 e. The summed E-state index contributed by atoms with van der Waals surface area (Å²) in [4.78, 5) is 0. The van der Waals surface area contributed by atoms with Crippen LogP contribution in [0.25, 0.3) is 75.4 Å². The minimum absolute atomic E-state index is 0.00449. The molecule has 9 nitrogen and oxygen atoms in total.